The number of carbonyl (C=O) groups excluding carboxylic acids is 13. The number of rotatable bonds is 21. The zero-order chi connectivity index (χ0) is 81.2. The molecule has 13 amide bonds. The molecule has 35 nitrogen and oxygen atoms in total. The fraction of sp³-hybridized carbons (Fsp3) is 0.493. The minimum atomic E-state index is -1.83. The summed E-state index contributed by atoms with van der Waals surface area (Å²) in [6.45, 7) is 9.32. The molecule has 0 unspecified atom stereocenters. The number of para-hydroxylation sites is 3. The van der Waals surface area contributed by atoms with E-state index in [-0.39, 0.29) is 76.2 Å². The Balaban J connectivity index is 1.26. The van der Waals surface area contributed by atoms with Crippen LogP contribution in [0.4, 0.5) is 0 Å². The van der Waals surface area contributed by atoms with E-state index in [1.165, 1.54) is 6.92 Å². The van der Waals surface area contributed by atoms with Crippen LogP contribution in [0.5, 0.6) is 0 Å². The number of carbonyl (C=O) groups is 13. The molecule has 0 bridgehead atoms. The Labute approximate surface area is 645 Å². The molecule has 602 valence electrons. The number of thioether (sulfide) groups is 1. The quantitative estimate of drug-likeness (QED) is 0.0206. The highest BCUT2D eigenvalue weighted by molar-refractivity contribution is 8.00. The number of unbranched alkanes of at least 4 members (excludes halogenated alkanes) is 1. The first kappa shape index (κ1) is 87.1. The van der Waals surface area contributed by atoms with Crippen LogP contribution >= 0.6 is 11.8 Å². The van der Waals surface area contributed by atoms with Crippen LogP contribution in [0.1, 0.15) is 104 Å². The molecule has 36 heteroatoms. The van der Waals surface area contributed by atoms with E-state index in [1.54, 1.807) is 133 Å². The number of aromatic nitrogens is 3. The highest BCUT2D eigenvalue weighted by Crippen LogP contribution is 2.24. The molecule has 1 saturated heterocycles. The number of hydrogen-bond donors (Lipinski definition) is 21. The first-order valence-corrected chi connectivity index (χ1v) is 38.2. The van der Waals surface area contributed by atoms with E-state index >= 15 is 14.4 Å². The van der Waals surface area contributed by atoms with Crippen molar-refractivity contribution in [3.05, 3.63) is 108 Å². The monoisotopic (exact) mass is 1560 g/mol. The molecule has 1 aliphatic rings. The van der Waals surface area contributed by atoms with E-state index in [0.29, 0.717) is 55.8 Å². The summed E-state index contributed by atoms with van der Waals surface area (Å²) in [4.78, 5) is 201. The SMILES string of the molecule is CC[C@H](C)[C@@H]1NC(=O)[C@H](Cc2c[nH]c3ccccc23)NC(=O)CSC[C@@H](C(N)=O)NC(=O)[C@H](C(C)C)NC(=O)[C@H](Cc2c[nH]c3ccccc23)NC(=O)[C@@H](CCCN=C(N)N)NC(=O)[C@H](C(C)C)NC(=O)[C@H](Cc2c[nH]c3ccccc23)NC(=O)[C@H]([C@@H](C)O)NC(=O)[C@H](CCCCN)NC(=O)CNC(=O)[C@H](CO)NC1=O. The minimum Gasteiger partial charge on any atom is -0.394 e. The summed E-state index contributed by atoms with van der Waals surface area (Å²) in [5.74, 6) is -15.2. The number of fused-ring (bicyclic) bond motifs is 3. The first-order chi connectivity index (χ1) is 52.9. The van der Waals surface area contributed by atoms with Crippen molar-refractivity contribution in [3.63, 3.8) is 0 Å². The highest BCUT2D eigenvalue weighted by Gasteiger charge is 2.39. The van der Waals surface area contributed by atoms with Gasteiger partial charge in [-0.2, -0.15) is 0 Å². The lowest BCUT2D eigenvalue weighted by Gasteiger charge is -2.30. The fourth-order valence-corrected chi connectivity index (χ4v) is 13.5. The summed E-state index contributed by atoms with van der Waals surface area (Å²) >= 11 is 0.863. The predicted octanol–water partition coefficient (Wildman–Crippen LogP) is -2.25. The molecule has 0 saturated carbocycles. The average molecular weight is 1560 g/mol. The molecule has 0 spiro atoms. The lowest BCUT2D eigenvalue weighted by atomic mass is 9.96. The molecule has 3 aromatic carbocycles. The number of guanidine groups is 1. The van der Waals surface area contributed by atoms with Gasteiger partial charge in [-0.05, 0) is 98.2 Å². The third-order valence-electron chi connectivity index (χ3n) is 19.2. The van der Waals surface area contributed by atoms with Crippen LogP contribution in [-0.4, -0.2) is 218 Å². The fourth-order valence-electron chi connectivity index (χ4n) is 12.7. The topological polar surface area (TPSA) is 571 Å². The second-order valence-corrected chi connectivity index (χ2v) is 29.4. The molecular formula is C75H106N20O15S. The van der Waals surface area contributed by atoms with Crippen molar-refractivity contribution in [1.29, 1.82) is 0 Å². The highest BCUT2D eigenvalue weighted by atomic mass is 32.2. The molecule has 1 aliphatic heterocycles. The van der Waals surface area contributed by atoms with Crippen molar-refractivity contribution in [2.75, 3.05) is 37.7 Å². The number of aromatic amines is 3. The van der Waals surface area contributed by atoms with Gasteiger partial charge in [-0.15, -0.1) is 11.8 Å². The third-order valence-corrected chi connectivity index (χ3v) is 20.2. The number of aliphatic hydroxyl groups excluding tert-OH is 2. The number of hydrogen-bond acceptors (Lipinski definition) is 18. The van der Waals surface area contributed by atoms with Crippen molar-refractivity contribution in [3.8, 4) is 0 Å². The van der Waals surface area contributed by atoms with E-state index < -0.39 is 186 Å². The van der Waals surface area contributed by atoms with Gasteiger partial charge in [0.15, 0.2) is 5.96 Å². The molecule has 3 aromatic heterocycles. The van der Waals surface area contributed by atoms with Crippen LogP contribution in [0.3, 0.4) is 0 Å². The van der Waals surface area contributed by atoms with Crippen LogP contribution in [0.2, 0.25) is 0 Å². The van der Waals surface area contributed by atoms with Gasteiger partial charge in [-0.25, -0.2) is 0 Å². The van der Waals surface area contributed by atoms with Gasteiger partial charge in [0, 0.05) is 82.9 Å². The summed E-state index contributed by atoms with van der Waals surface area (Å²) in [5, 5.41) is 55.4. The van der Waals surface area contributed by atoms with E-state index in [1.807, 2.05) is 0 Å². The smallest absolute Gasteiger partial charge is 0.245 e. The Morgan fingerprint density at radius 1 is 0.477 bits per heavy atom. The number of aliphatic imine (C=N–C) groups is 1. The number of nitrogens with zero attached hydrogens (tertiary/aromatic N) is 1. The Bertz CT molecular complexity index is 4290. The minimum absolute atomic E-state index is 0.0274. The Hall–Kier alpha value is -11.1. The number of nitrogens with one attached hydrogen (secondary N) is 15. The third kappa shape index (κ3) is 25.2. The maximum atomic E-state index is 15.1. The van der Waals surface area contributed by atoms with Crippen molar-refractivity contribution in [2.45, 2.75) is 179 Å². The Kier molecular flexibility index (Phi) is 33.1. The molecule has 1 fully saturated rings. The molecule has 111 heavy (non-hydrogen) atoms. The Morgan fingerprint density at radius 3 is 1.34 bits per heavy atom. The molecule has 0 radical (unpaired) electrons. The molecule has 7 rings (SSSR count). The van der Waals surface area contributed by atoms with Gasteiger partial charge in [0.05, 0.1) is 25.0 Å². The first-order valence-electron chi connectivity index (χ1n) is 37.1. The summed E-state index contributed by atoms with van der Waals surface area (Å²) in [6.07, 6.45) is 3.38. The lowest BCUT2D eigenvalue weighted by Crippen LogP contribution is -2.62. The van der Waals surface area contributed by atoms with Crippen LogP contribution in [0.25, 0.3) is 32.7 Å². The number of aliphatic hydroxyl groups is 2. The van der Waals surface area contributed by atoms with Gasteiger partial charge in [0.25, 0.3) is 0 Å². The van der Waals surface area contributed by atoms with Crippen LogP contribution < -0.4 is 86.7 Å². The molecular weight excluding hydrogens is 1450 g/mol. The second-order valence-electron chi connectivity index (χ2n) is 28.3. The molecule has 6 aromatic rings. The zero-order valence-corrected chi connectivity index (χ0v) is 64.1. The van der Waals surface area contributed by atoms with Crippen molar-refractivity contribution >= 4 is 127 Å². The summed E-state index contributed by atoms with van der Waals surface area (Å²) < 4.78 is 0. The van der Waals surface area contributed by atoms with Crippen molar-refractivity contribution in [2.24, 2.45) is 45.7 Å². The number of benzene rings is 3. The molecule has 4 heterocycles. The summed E-state index contributed by atoms with van der Waals surface area (Å²) in [6, 6.07) is 4.68. The zero-order valence-electron chi connectivity index (χ0n) is 63.3. The van der Waals surface area contributed by atoms with Gasteiger partial charge in [0.2, 0.25) is 76.8 Å². The second kappa shape index (κ2) is 42.2. The average Bonchev–Trinajstić information content (AvgIpc) is 1.71. The van der Waals surface area contributed by atoms with Gasteiger partial charge in [0.1, 0.15) is 66.5 Å². The largest absolute Gasteiger partial charge is 0.394 e. The number of amides is 13. The summed E-state index contributed by atoms with van der Waals surface area (Å²) in [7, 11) is 0. The van der Waals surface area contributed by atoms with E-state index in [2.05, 4.69) is 83.7 Å². The maximum absolute atomic E-state index is 15.1. The maximum Gasteiger partial charge on any atom is 0.245 e. The predicted molar refractivity (Wildman–Crippen MR) is 417 cm³/mol. The van der Waals surface area contributed by atoms with Gasteiger partial charge in [-0.1, -0.05) is 103 Å². The van der Waals surface area contributed by atoms with Crippen LogP contribution in [0.15, 0.2) is 96.4 Å². The van der Waals surface area contributed by atoms with Crippen LogP contribution in [-0.2, 0) is 81.6 Å². The van der Waals surface area contributed by atoms with Gasteiger partial charge < -0.3 is 112 Å². The van der Waals surface area contributed by atoms with E-state index in [4.69, 9.17) is 22.9 Å². The molecule has 13 atom stereocenters. The standard InChI is InChI=1S/C75H106N20O15S/c1-8-40(6)62-73(109)90-56(35-96)65(101)84-34-58(98)85-51(24-15-16-26-76)67(103)95-63(41(7)97)74(110)89-55(30-44-33-83-50-23-14-11-20-47(44)50)70(106)92-60(38(2)3)71(107)87-52(25-17-27-80-75(78)79)66(102)88-54(29-43-32-82-49-22-13-10-19-46(43)49)69(105)93-61(39(4)5)72(108)91-57(64(77)100)36-111-37-59(99)86-53(68(104)94-62)28-42-31-81-48-21-12-9-18-45(42)48/h9-14,18-23,31-33,38-41,51-57,60-63,81-83,96-97H,8,15-17,24-30,34-37,76H2,1-7H3,(H2,77,100)(H,84,101)(H,85,98)(H,86,99)(H,87,107)(H,88,102)(H,89,110)(H,90,109)(H,91,108)(H,92,106)(H,93,105)(H,94,104)(H,95,103)(H4,78,79,80)/t40-,41+,51-,52+,53-,54-,55-,56-,57-,60-,61-,62-,63-/m0/s1. The number of primary amides is 1. The van der Waals surface area contributed by atoms with Crippen molar-refractivity contribution in [1.82, 2.24) is 78.8 Å². The van der Waals surface area contributed by atoms with E-state index in [9.17, 15) is 58.2 Å². The Morgan fingerprint density at radius 2 is 0.874 bits per heavy atom. The molecule has 0 aliphatic carbocycles. The van der Waals surface area contributed by atoms with Gasteiger partial charge >= 0.3 is 0 Å². The van der Waals surface area contributed by atoms with Crippen LogP contribution in [0, 0.1) is 17.8 Å². The number of H-pyrrole nitrogens is 3. The molecule has 25 N–H and O–H groups in total. The summed E-state index contributed by atoms with van der Waals surface area (Å²) in [5.41, 5.74) is 26.8. The lowest BCUT2D eigenvalue weighted by molar-refractivity contribution is -0.137. The van der Waals surface area contributed by atoms with Crippen molar-refractivity contribution < 1.29 is 72.5 Å². The normalized spacial score (nSPS) is 23.7. The number of nitrogens with two attached hydrogens (primary N) is 4. The van der Waals surface area contributed by atoms with E-state index in [0.717, 1.165) is 11.8 Å². The van der Waals surface area contributed by atoms with Gasteiger partial charge in [-0.3, -0.25) is 67.3 Å².